The Labute approximate surface area is 195 Å². The zero-order chi connectivity index (χ0) is 20.3. The Morgan fingerprint density at radius 3 is 2.26 bits per heavy atom. The van der Waals surface area contributed by atoms with Gasteiger partial charge in [-0.2, -0.15) is 0 Å². The first-order valence-corrected chi connectivity index (χ1v) is 11.5. The minimum Gasteiger partial charge on any atom is -0.339 e. The Morgan fingerprint density at radius 2 is 1.67 bits per heavy atom. The van der Waals surface area contributed by atoms with Crippen LogP contribution in [0.5, 0.6) is 0 Å². The van der Waals surface area contributed by atoms with E-state index in [-0.39, 0.29) is 11.0 Å². The van der Waals surface area contributed by atoms with Crippen LogP contribution in [-0.4, -0.2) is 21.0 Å². The van der Waals surface area contributed by atoms with Gasteiger partial charge in [-0.15, -0.1) is 0 Å². The molecule has 0 aliphatic carbocycles. The highest BCUT2D eigenvalue weighted by Crippen LogP contribution is 2.29. The van der Waals surface area contributed by atoms with Crippen LogP contribution in [-0.2, 0) is 4.79 Å². The average Bonchev–Trinajstić information content (AvgIpc) is 2.58. The van der Waals surface area contributed by atoms with Crippen molar-refractivity contribution in [2.24, 2.45) is 0 Å². The number of nitrogens with one attached hydrogen (secondary N) is 3. The molecule has 1 amide bonds. The summed E-state index contributed by atoms with van der Waals surface area (Å²) in [5.41, 5.74) is 0.800. The number of hydrogen-bond donors (Lipinski definition) is 3. The molecule has 0 spiro atoms. The zero-order valence-electron chi connectivity index (χ0n) is 15.2. The molecule has 1 unspecified atom stereocenters. The zero-order valence-corrected chi connectivity index (χ0v) is 20.4. The topological polar surface area (TPSA) is 53.2 Å². The number of thiocarbonyl (C=S) groups is 1. The number of alkyl halides is 3. The minimum absolute atomic E-state index is 0.175. The maximum absolute atomic E-state index is 12.2. The largest absolute Gasteiger partial charge is 0.339 e. The Morgan fingerprint density at radius 1 is 1.07 bits per heavy atom. The number of carbonyl (C=O) groups excluding carboxylic acids is 1. The molecular weight excluding hydrogens is 540 g/mol. The first-order valence-electron chi connectivity index (χ1n) is 8.91. The van der Waals surface area contributed by atoms with Crippen molar-refractivity contribution in [2.45, 2.75) is 61.8 Å². The summed E-state index contributed by atoms with van der Waals surface area (Å²) in [7, 11) is 0. The van der Waals surface area contributed by atoms with E-state index in [2.05, 4.69) is 45.5 Å². The summed E-state index contributed by atoms with van der Waals surface area (Å²) in [5, 5.41) is 8.83. The van der Waals surface area contributed by atoms with Crippen LogP contribution in [0.15, 0.2) is 24.3 Å². The van der Waals surface area contributed by atoms with Crippen LogP contribution in [0.1, 0.15) is 51.9 Å². The molecular formula is C18H25Cl3IN3OS. The van der Waals surface area contributed by atoms with E-state index in [4.69, 9.17) is 47.0 Å². The lowest BCUT2D eigenvalue weighted by Crippen LogP contribution is -2.56. The summed E-state index contributed by atoms with van der Waals surface area (Å²) in [6.45, 7) is 2.18. The Hall–Kier alpha value is -0.0200. The number of rotatable bonds is 10. The van der Waals surface area contributed by atoms with Crippen LogP contribution in [0, 0.1) is 3.57 Å². The van der Waals surface area contributed by atoms with E-state index in [1.165, 1.54) is 19.3 Å². The number of unbranched alkanes of at least 4 members (excludes halogenated alkanes) is 5. The maximum Gasteiger partial charge on any atom is 0.228 e. The SMILES string of the molecule is CCCCCCCCC(=O)NC(NC(=S)Nc1ccc(I)cc1)C(Cl)(Cl)Cl. The first kappa shape index (κ1) is 25.0. The summed E-state index contributed by atoms with van der Waals surface area (Å²) in [6.07, 6.45) is 6.07. The molecule has 0 saturated carbocycles. The summed E-state index contributed by atoms with van der Waals surface area (Å²) >= 11 is 25.5. The molecule has 0 saturated heterocycles. The molecule has 1 aromatic carbocycles. The highest BCUT2D eigenvalue weighted by molar-refractivity contribution is 14.1. The summed E-state index contributed by atoms with van der Waals surface area (Å²) < 4.78 is -0.632. The van der Waals surface area contributed by atoms with E-state index < -0.39 is 9.96 Å². The van der Waals surface area contributed by atoms with Crippen molar-refractivity contribution < 1.29 is 4.79 Å². The predicted octanol–water partition coefficient (Wildman–Crippen LogP) is 6.14. The molecule has 0 heterocycles. The average molecular weight is 565 g/mol. The van der Waals surface area contributed by atoms with Crippen molar-refractivity contribution in [3.63, 3.8) is 0 Å². The van der Waals surface area contributed by atoms with Gasteiger partial charge >= 0.3 is 0 Å². The van der Waals surface area contributed by atoms with E-state index in [0.717, 1.165) is 28.5 Å². The molecule has 152 valence electrons. The summed E-state index contributed by atoms with van der Waals surface area (Å²) in [6, 6.07) is 7.66. The molecule has 1 rings (SSSR count). The molecule has 0 bridgehead atoms. The highest BCUT2D eigenvalue weighted by Gasteiger charge is 2.34. The number of amides is 1. The van der Waals surface area contributed by atoms with Crippen molar-refractivity contribution in [2.75, 3.05) is 5.32 Å². The van der Waals surface area contributed by atoms with Gasteiger partial charge in [0.15, 0.2) is 5.11 Å². The van der Waals surface area contributed by atoms with Gasteiger partial charge in [-0.3, -0.25) is 4.79 Å². The lowest BCUT2D eigenvalue weighted by Gasteiger charge is -2.27. The predicted molar refractivity (Wildman–Crippen MR) is 129 cm³/mol. The number of halogens is 4. The van der Waals surface area contributed by atoms with Gasteiger partial charge in [0.05, 0.1) is 0 Å². The van der Waals surface area contributed by atoms with E-state index in [1.54, 1.807) is 0 Å². The van der Waals surface area contributed by atoms with Gasteiger partial charge in [0.25, 0.3) is 0 Å². The highest BCUT2D eigenvalue weighted by atomic mass is 127. The molecule has 0 aromatic heterocycles. The van der Waals surface area contributed by atoms with E-state index in [9.17, 15) is 4.79 Å². The second-order valence-electron chi connectivity index (χ2n) is 6.17. The number of anilines is 1. The third kappa shape index (κ3) is 11.5. The van der Waals surface area contributed by atoms with Gasteiger partial charge in [0, 0.05) is 15.7 Å². The molecule has 3 N–H and O–H groups in total. The van der Waals surface area contributed by atoms with Gasteiger partial charge in [-0.1, -0.05) is 73.8 Å². The molecule has 0 aliphatic rings. The first-order chi connectivity index (χ1) is 12.7. The third-order valence-corrected chi connectivity index (χ3v) is 5.36. The molecule has 1 atom stereocenters. The fraction of sp³-hybridized carbons (Fsp3) is 0.556. The van der Waals surface area contributed by atoms with E-state index in [1.807, 2.05) is 24.3 Å². The molecule has 4 nitrogen and oxygen atoms in total. The summed E-state index contributed by atoms with van der Waals surface area (Å²) in [4.78, 5) is 12.2. The molecule has 9 heteroatoms. The van der Waals surface area contributed by atoms with E-state index >= 15 is 0 Å². The Balaban J connectivity index is 2.46. The van der Waals surface area contributed by atoms with Crippen molar-refractivity contribution >= 4 is 86.3 Å². The second kappa shape index (κ2) is 13.2. The molecule has 1 aromatic rings. The van der Waals surface area contributed by atoms with Gasteiger partial charge in [0.1, 0.15) is 6.17 Å². The Bertz CT molecular complexity index is 597. The molecule has 0 aliphatic heterocycles. The van der Waals surface area contributed by atoms with Crippen LogP contribution in [0.2, 0.25) is 0 Å². The molecule has 0 radical (unpaired) electrons. The lowest BCUT2D eigenvalue weighted by atomic mass is 10.1. The number of hydrogen-bond acceptors (Lipinski definition) is 2. The monoisotopic (exact) mass is 563 g/mol. The third-order valence-electron chi connectivity index (χ3n) is 3.77. The van der Waals surface area contributed by atoms with Crippen LogP contribution in [0.3, 0.4) is 0 Å². The fourth-order valence-electron chi connectivity index (χ4n) is 2.33. The fourth-order valence-corrected chi connectivity index (χ4v) is 3.25. The number of carbonyl (C=O) groups is 1. The summed E-state index contributed by atoms with van der Waals surface area (Å²) in [5.74, 6) is -0.175. The molecule has 27 heavy (non-hydrogen) atoms. The van der Waals surface area contributed by atoms with Crippen LogP contribution >= 0.6 is 69.6 Å². The standard InChI is InChI=1S/C18H25Cl3IN3OS/c1-2-3-4-5-6-7-8-15(26)24-16(18(19,20)21)25-17(27)23-14-11-9-13(22)10-12-14/h9-12,16H,2-8H2,1H3,(H,24,26)(H2,23,25,27). The normalized spacial score (nSPS) is 12.3. The second-order valence-corrected chi connectivity index (χ2v) is 10.2. The van der Waals surface area contributed by atoms with Crippen molar-refractivity contribution in [3.8, 4) is 0 Å². The Kier molecular flexibility index (Phi) is 12.3. The van der Waals surface area contributed by atoms with Gasteiger partial charge in [-0.25, -0.2) is 0 Å². The van der Waals surface area contributed by atoms with Crippen molar-refractivity contribution in [1.29, 1.82) is 0 Å². The van der Waals surface area contributed by atoms with Gasteiger partial charge in [0.2, 0.25) is 9.70 Å². The quantitative estimate of drug-likeness (QED) is 0.105. The minimum atomic E-state index is -1.74. The smallest absolute Gasteiger partial charge is 0.228 e. The lowest BCUT2D eigenvalue weighted by molar-refractivity contribution is -0.122. The van der Waals surface area contributed by atoms with Crippen LogP contribution in [0.4, 0.5) is 5.69 Å². The van der Waals surface area contributed by atoms with Gasteiger partial charge in [-0.05, 0) is 65.5 Å². The van der Waals surface area contributed by atoms with Gasteiger partial charge < -0.3 is 16.0 Å². The number of benzene rings is 1. The maximum atomic E-state index is 12.2. The van der Waals surface area contributed by atoms with Crippen LogP contribution < -0.4 is 16.0 Å². The van der Waals surface area contributed by atoms with Crippen molar-refractivity contribution in [1.82, 2.24) is 10.6 Å². The van der Waals surface area contributed by atoms with Crippen LogP contribution in [0.25, 0.3) is 0 Å². The molecule has 0 fully saturated rings. The van der Waals surface area contributed by atoms with E-state index in [0.29, 0.717) is 6.42 Å². The van der Waals surface area contributed by atoms with Crippen molar-refractivity contribution in [3.05, 3.63) is 27.8 Å².